The van der Waals surface area contributed by atoms with Gasteiger partial charge in [-0.25, -0.2) is 0 Å². The van der Waals surface area contributed by atoms with Gasteiger partial charge in [-0.1, -0.05) is 19.3 Å². The molecule has 0 saturated heterocycles. The van der Waals surface area contributed by atoms with E-state index in [1.54, 1.807) is 0 Å². The predicted molar refractivity (Wildman–Crippen MR) is 52.2 cm³/mol. The third kappa shape index (κ3) is 3.64. The SMILES string of the molecule is OP(O)CP(O)C1CCCCC1. The van der Waals surface area contributed by atoms with Gasteiger partial charge in [0, 0.05) is 13.8 Å². The molecule has 3 N–H and O–H groups in total. The van der Waals surface area contributed by atoms with Crippen LogP contribution < -0.4 is 0 Å². The van der Waals surface area contributed by atoms with Crippen molar-refractivity contribution in [2.45, 2.75) is 37.8 Å². The van der Waals surface area contributed by atoms with Gasteiger partial charge in [0.1, 0.15) is 0 Å². The molecule has 0 spiro atoms. The summed E-state index contributed by atoms with van der Waals surface area (Å²) in [5.74, 6) is 0.231. The molecular formula is C7H16O3P2. The van der Waals surface area contributed by atoms with Crippen molar-refractivity contribution in [3.63, 3.8) is 0 Å². The van der Waals surface area contributed by atoms with E-state index in [2.05, 4.69) is 0 Å². The molecule has 0 amide bonds. The molecule has 0 aromatic rings. The Morgan fingerprint density at radius 3 is 2.08 bits per heavy atom. The van der Waals surface area contributed by atoms with Crippen molar-refractivity contribution in [2.75, 3.05) is 5.90 Å². The van der Waals surface area contributed by atoms with Gasteiger partial charge in [0.2, 0.25) is 0 Å². The van der Waals surface area contributed by atoms with Crippen LogP contribution in [0.2, 0.25) is 0 Å². The second-order valence-corrected chi connectivity index (χ2v) is 6.73. The summed E-state index contributed by atoms with van der Waals surface area (Å²) < 4.78 is 0. The van der Waals surface area contributed by atoms with Crippen molar-refractivity contribution in [1.29, 1.82) is 0 Å². The monoisotopic (exact) mass is 210 g/mol. The van der Waals surface area contributed by atoms with Crippen molar-refractivity contribution >= 4 is 16.5 Å². The fraction of sp³-hybridized carbons (Fsp3) is 1.00. The maximum absolute atomic E-state index is 9.61. The third-order valence-corrected chi connectivity index (χ3v) is 5.80. The molecule has 1 atom stereocenters. The lowest BCUT2D eigenvalue weighted by atomic mass is 10.0. The Hall–Kier alpha value is 0.740. The topological polar surface area (TPSA) is 60.7 Å². The quantitative estimate of drug-likeness (QED) is 0.624. The van der Waals surface area contributed by atoms with Crippen LogP contribution in [0.1, 0.15) is 32.1 Å². The average molecular weight is 210 g/mol. The lowest BCUT2D eigenvalue weighted by Crippen LogP contribution is -2.11. The summed E-state index contributed by atoms with van der Waals surface area (Å²) in [5.41, 5.74) is 0.373. The highest BCUT2D eigenvalue weighted by Crippen LogP contribution is 2.50. The summed E-state index contributed by atoms with van der Waals surface area (Å²) in [6, 6.07) is 0. The molecule has 0 bridgehead atoms. The molecule has 0 radical (unpaired) electrons. The van der Waals surface area contributed by atoms with Gasteiger partial charge in [0.05, 0.1) is 5.90 Å². The van der Waals surface area contributed by atoms with Crippen molar-refractivity contribution in [3.8, 4) is 0 Å². The van der Waals surface area contributed by atoms with E-state index in [-0.39, 0.29) is 5.90 Å². The maximum Gasteiger partial charge on any atom is 0.171 e. The van der Waals surface area contributed by atoms with Crippen LogP contribution in [-0.2, 0) is 0 Å². The van der Waals surface area contributed by atoms with E-state index in [4.69, 9.17) is 9.79 Å². The molecule has 0 aliphatic heterocycles. The molecule has 0 heterocycles. The molecule has 1 saturated carbocycles. The lowest BCUT2D eigenvalue weighted by Gasteiger charge is -2.26. The van der Waals surface area contributed by atoms with Crippen LogP contribution in [0.3, 0.4) is 0 Å². The van der Waals surface area contributed by atoms with E-state index < -0.39 is 16.5 Å². The molecule has 1 unspecified atom stereocenters. The molecule has 5 heteroatoms. The van der Waals surface area contributed by atoms with Crippen LogP contribution in [-0.4, -0.2) is 26.2 Å². The Balaban J connectivity index is 2.24. The first-order valence-electron chi connectivity index (χ1n) is 4.31. The Morgan fingerprint density at radius 2 is 1.58 bits per heavy atom. The second kappa shape index (κ2) is 5.47. The van der Waals surface area contributed by atoms with Crippen LogP contribution >= 0.6 is 16.5 Å². The van der Waals surface area contributed by atoms with Gasteiger partial charge in [-0.15, -0.1) is 0 Å². The van der Waals surface area contributed by atoms with E-state index in [1.807, 2.05) is 0 Å². The highest BCUT2D eigenvalue weighted by molar-refractivity contribution is 7.66. The second-order valence-electron chi connectivity index (χ2n) is 3.25. The molecule has 1 aliphatic carbocycles. The molecule has 12 heavy (non-hydrogen) atoms. The van der Waals surface area contributed by atoms with Gasteiger partial charge in [-0.05, 0) is 12.8 Å². The molecule has 3 nitrogen and oxygen atoms in total. The largest absolute Gasteiger partial charge is 0.373 e. The first-order valence-corrected chi connectivity index (χ1v) is 7.29. The predicted octanol–water partition coefficient (Wildman–Crippen LogP) is 1.96. The summed E-state index contributed by atoms with van der Waals surface area (Å²) in [7, 11) is -3.00. The lowest BCUT2D eigenvalue weighted by molar-refractivity contribution is 0.474. The summed E-state index contributed by atoms with van der Waals surface area (Å²) >= 11 is 0. The molecular weight excluding hydrogens is 194 g/mol. The van der Waals surface area contributed by atoms with Crippen LogP contribution in [0, 0.1) is 0 Å². The number of hydrogen-bond donors (Lipinski definition) is 3. The van der Waals surface area contributed by atoms with E-state index in [9.17, 15) is 4.89 Å². The molecule has 1 rings (SSSR count). The van der Waals surface area contributed by atoms with E-state index in [1.165, 1.54) is 19.3 Å². The highest BCUT2D eigenvalue weighted by atomic mass is 31.2. The van der Waals surface area contributed by atoms with Crippen molar-refractivity contribution < 1.29 is 14.7 Å². The van der Waals surface area contributed by atoms with Gasteiger partial charge in [0.15, 0.2) is 8.38 Å². The third-order valence-electron chi connectivity index (χ3n) is 2.27. The van der Waals surface area contributed by atoms with Gasteiger partial charge in [-0.2, -0.15) is 0 Å². The smallest absolute Gasteiger partial charge is 0.171 e. The minimum absolute atomic E-state index is 0.231. The van der Waals surface area contributed by atoms with Gasteiger partial charge < -0.3 is 14.7 Å². The zero-order chi connectivity index (χ0) is 8.97. The van der Waals surface area contributed by atoms with Crippen molar-refractivity contribution in [1.82, 2.24) is 0 Å². The standard InChI is InChI=1S/C7H16O3P2/c8-11(6-12(9)10)7-4-2-1-3-5-7/h7-10H,1-6H2. The Morgan fingerprint density at radius 1 is 1.00 bits per heavy atom. The summed E-state index contributed by atoms with van der Waals surface area (Å²) in [5, 5.41) is 0. The number of hydrogen-bond acceptors (Lipinski definition) is 3. The minimum Gasteiger partial charge on any atom is -0.373 e. The molecule has 72 valence electrons. The zero-order valence-corrected chi connectivity index (χ0v) is 8.84. The van der Waals surface area contributed by atoms with Gasteiger partial charge >= 0.3 is 0 Å². The first kappa shape index (κ1) is 10.8. The highest BCUT2D eigenvalue weighted by Gasteiger charge is 2.23. The summed E-state index contributed by atoms with van der Waals surface area (Å²) in [6.45, 7) is 0. The maximum atomic E-state index is 9.61. The van der Waals surface area contributed by atoms with E-state index in [0.717, 1.165) is 12.8 Å². The van der Waals surface area contributed by atoms with Crippen LogP contribution in [0.25, 0.3) is 0 Å². The Bertz CT molecular complexity index is 126. The van der Waals surface area contributed by atoms with Crippen molar-refractivity contribution in [2.24, 2.45) is 0 Å². The van der Waals surface area contributed by atoms with Crippen LogP contribution in [0.5, 0.6) is 0 Å². The summed E-state index contributed by atoms with van der Waals surface area (Å²) in [6.07, 6.45) is 5.81. The Kier molecular flexibility index (Phi) is 4.93. The van der Waals surface area contributed by atoms with Crippen LogP contribution in [0.4, 0.5) is 0 Å². The fourth-order valence-corrected chi connectivity index (χ4v) is 4.55. The Labute approximate surface area is 75.6 Å². The molecule has 1 fully saturated rings. The molecule has 1 aliphatic rings. The minimum atomic E-state index is -1.89. The summed E-state index contributed by atoms with van der Waals surface area (Å²) in [4.78, 5) is 27.1. The van der Waals surface area contributed by atoms with Crippen LogP contribution in [0.15, 0.2) is 0 Å². The van der Waals surface area contributed by atoms with E-state index in [0.29, 0.717) is 5.66 Å². The molecule has 0 aromatic heterocycles. The first-order chi connectivity index (χ1) is 5.70. The average Bonchev–Trinajstić information content (AvgIpc) is 2.05. The molecule has 0 aromatic carbocycles. The fourth-order valence-electron chi connectivity index (χ4n) is 1.62. The zero-order valence-electron chi connectivity index (χ0n) is 7.06. The number of rotatable bonds is 3. The van der Waals surface area contributed by atoms with Gasteiger partial charge in [-0.3, -0.25) is 0 Å². The van der Waals surface area contributed by atoms with Gasteiger partial charge in [0.25, 0.3) is 0 Å². The normalized spacial score (nSPS) is 23.0. The van der Waals surface area contributed by atoms with E-state index >= 15 is 0 Å². The van der Waals surface area contributed by atoms with Crippen molar-refractivity contribution in [3.05, 3.63) is 0 Å².